The Bertz CT molecular complexity index is 823. The Hall–Kier alpha value is -2.88. The number of benzene rings is 2. The van der Waals surface area contributed by atoms with Crippen molar-refractivity contribution in [2.45, 2.75) is 20.8 Å². The third kappa shape index (κ3) is 3.71. The number of nitrogens with zero attached hydrogens (tertiary/aromatic N) is 3. The van der Waals surface area contributed by atoms with Gasteiger partial charge >= 0.3 is 0 Å². The predicted molar refractivity (Wildman–Crippen MR) is 100 cm³/mol. The maximum Gasteiger partial charge on any atom is 0.229 e. The van der Waals surface area contributed by atoms with Crippen LogP contribution in [0.15, 0.2) is 54.6 Å². The van der Waals surface area contributed by atoms with Gasteiger partial charge in [-0.05, 0) is 56.2 Å². The first-order valence-electron chi connectivity index (χ1n) is 8.01. The van der Waals surface area contributed by atoms with Gasteiger partial charge in [0.1, 0.15) is 5.82 Å². The molecule has 0 aliphatic carbocycles. The third-order valence-corrected chi connectivity index (χ3v) is 3.81. The van der Waals surface area contributed by atoms with Crippen LogP contribution in [0.2, 0.25) is 0 Å². The Morgan fingerprint density at radius 1 is 0.833 bits per heavy atom. The second kappa shape index (κ2) is 6.71. The van der Waals surface area contributed by atoms with E-state index in [1.807, 2.05) is 38.2 Å². The van der Waals surface area contributed by atoms with Gasteiger partial charge in [0.2, 0.25) is 5.95 Å². The lowest BCUT2D eigenvalue weighted by molar-refractivity contribution is 1.05. The number of hydrogen-bond donors (Lipinski definition) is 1. The average Bonchev–Trinajstić information content (AvgIpc) is 2.53. The summed E-state index contributed by atoms with van der Waals surface area (Å²) in [4.78, 5) is 11.2. The van der Waals surface area contributed by atoms with Crippen molar-refractivity contribution < 1.29 is 0 Å². The molecule has 0 saturated heterocycles. The normalized spacial score (nSPS) is 10.5. The highest BCUT2D eigenvalue weighted by molar-refractivity contribution is 5.62. The molecular formula is C20H22N4. The zero-order chi connectivity index (χ0) is 17.1. The molecular weight excluding hydrogens is 296 g/mol. The maximum absolute atomic E-state index is 4.67. The number of rotatable bonds is 4. The van der Waals surface area contributed by atoms with Gasteiger partial charge in [0.15, 0.2) is 0 Å². The van der Waals surface area contributed by atoms with E-state index in [1.54, 1.807) is 0 Å². The molecule has 0 fully saturated rings. The summed E-state index contributed by atoms with van der Waals surface area (Å²) in [7, 11) is 2.01. The zero-order valence-corrected chi connectivity index (χ0v) is 14.5. The molecule has 0 aliphatic heterocycles. The number of aryl methyl sites for hydroxylation is 3. The topological polar surface area (TPSA) is 41.1 Å². The smallest absolute Gasteiger partial charge is 0.229 e. The Morgan fingerprint density at radius 2 is 1.50 bits per heavy atom. The first kappa shape index (κ1) is 16.0. The van der Waals surface area contributed by atoms with Crippen LogP contribution in [-0.4, -0.2) is 17.0 Å². The van der Waals surface area contributed by atoms with Crippen molar-refractivity contribution >= 4 is 23.1 Å². The minimum atomic E-state index is 0.609. The molecule has 0 saturated carbocycles. The molecule has 1 N–H and O–H groups in total. The average molecular weight is 318 g/mol. The predicted octanol–water partition coefficient (Wildman–Crippen LogP) is 4.91. The number of nitrogens with one attached hydrogen (secondary N) is 1. The number of hydrogen-bond acceptors (Lipinski definition) is 4. The van der Waals surface area contributed by atoms with Gasteiger partial charge < -0.3 is 10.2 Å². The lowest BCUT2D eigenvalue weighted by Crippen LogP contribution is -2.13. The number of para-hydroxylation sites is 1. The molecule has 1 aromatic heterocycles. The summed E-state index contributed by atoms with van der Waals surface area (Å²) in [6.07, 6.45) is 0. The summed E-state index contributed by atoms with van der Waals surface area (Å²) >= 11 is 0. The highest BCUT2D eigenvalue weighted by Crippen LogP contribution is 2.24. The van der Waals surface area contributed by atoms with E-state index in [0.717, 1.165) is 22.9 Å². The molecule has 3 rings (SSSR count). The minimum Gasteiger partial charge on any atom is -0.329 e. The van der Waals surface area contributed by atoms with E-state index in [1.165, 1.54) is 11.1 Å². The van der Waals surface area contributed by atoms with Gasteiger partial charge in [0.25, 0.3) is 0 Å². The van der Waals surface area contributed by atoms with Crippen molar-refractivity contribution in [2.24, 2.45) is 0 Å². The van der Waals surface area contributed by atoms with Crippen molar-refractivity contribution in [1.29, 1.82) is 0 Å². The SMILES string of the molecule is Cc1cc(C)cc(Nc2nc(C)cc(N(C)c3ccccc3)n2)c1. The largest absolute Gasteiger partial charge is 0.329 e. The first-order valence-corrected chi connectivity index (χ1v) is 8.01. The Kier molecular flexibility index (Phi) is 4.47. The van der Waals surface area contributed by atoms with Gasteiger partial charge in [-0.2, -0.15) is 4.98 Å². The van der Waals surface area contributed by atoms with E-state index in [2.05, 4.69) is 64.4 Å². The van der Waals surface area contributed by atoms with Crippen LogP contribution in [0.1, 0.15) is 16.8 Å². The van der Waals surface area contributed by atoms with E-state index in [0.29, 0.717) is 5.95 Å². The van der Waals surface area contributed by atoms with Crippen molar-refractivity contribution in [1.82, 2.24) is 9.97 Å². The van der Waals surface area contributed by atoms with E-state index >= 15 is 0 Å². The van der Waals surface area contributed by atoms with Crippen LogP contribution >= 0.6 is 0 Å². The number of anilines is 4. The molecule has 0 spiro atoms. The second-order valence-corrected chi connectivity index (χ2v) is 6.09. The molecule has 0 radical (unpaired) electrons. The van der Waals surface area contributed by atoms with Crippen LogP contribution < -0.4 is 10.2 Å². The van der Waals surface area contributed by atoms with E-state index in [4.69, 9.17) is 0 Å². The number of aromatic nitrogens is 2. The fraction of sp³-hybridized carbons (Fsp3) is 0.200. The van der Waals surface area contributed by atoms with Gasteiger partial charge in [-0.1, -0.05) is 24.3 Å². The van der Waals surface area contributed by atoms with Crippen LogP contribution in [0, 0.1) is 20.8 Å². The van der Waals surface area contributed by atoms with E-state index < -0.39 is 0 Å². The van der Waals surface area contributed by atoms with Gasteiger partial charge in [-0.15, -0.1) is 0 Å². The standard InChI is InChI=1S/C20H22N4/c1-14-10-15(2)12-17(11-14)22-20-21-16(3)13-19(23-20)24(4)18-8-6-5-7-9-18/h5-13H,1-4H3,(H,21,22,23). The molecule has 0 bridgehead atoms. The van der Waals surface area contributed by atoms with Crippen molar-refractivity contribution in [3.05, 3.63) is 71.4 Å². The second-order valence-electron chi connectivity index (χ2n) is 6.09. The molecule has 4 nitrogen and oxygen atoms in total. The molecule has 1 heterocycles. The van der Waals surface area contributed by atoms with Crippen LogP contribution in [0.5, 0.6) is 0 Å². The maximum atomic E-state index is 4.67. The summed E-state index contributed by atoms with van der Waals surface area (Å²) in [5.41, 5.74) is 5.45. The molecule has 0 aliphatic rings. The fourth-order valence-electron chi connectivity index (χ4n) is 2.74. The Labute approximate surface area is 143 Å². The van der Waals surface area contributed by atoms with Crippen LogP contribution in [0.4, 0.5) is 23.1 Å². The lowest BCUT2D eigenvalue weighted by atomic mass is 10.1. The summed E-state index contributed by atoms with van der Waals surface area (Å²) in [6, 6.07) is 18.5. The summed E-state index contributed by atoms with van der Waals surface area (Å²) < 4.78 is 0. The van der Waals surface area contributed by atoms with E-state index in [9.17, 15) is 0 Å². The zero-order valence-electron chi connectivity index (χ0n) is 14.5. The Morgan fingerprint density at radius 3 is 2.17 bits per heavy atom. The Balaban J connectivity index is 1.91. The van der Waals surface area contributed by atoms with Gasteiger partial charge in [-0.25, -0.2) is 4.98 Å². The highest BCUT2D eigenvalue weighted by atomic mass is 15.2. The third-order valence-electron chi connectivity index (χ3n) is 3.81. The van der Waals surface area contributed by atoms with Crippen molar-refractivity contribution in [3.8, 4) is 0 Å². The fourth-order valence-corrected chi connectivity index (χ4v) is 2.74. The first-order chi connectivity index (χ1) is 11.5. The molecule has 24 heavy (non-hydrogen) atoms. The minimum absolute atomic E-state index is 0.609. The monoisotopic (exact) mass is 318 g/mol. The van der Waals surface area contributed by atoms with Gasteiger partial charge in [0, 0.05) is 30.2 Å². The quantitative estimate of drug-likeness (QED) is 0.742. The molecule has 4 heteroatoms. The van der Waals surface area contributed by atoms with Crippen LogP contribution in [0.3, 0.4) is 0 Å². The summed E-state index contributed by atoms with van der Waals surface area (Å²) in [5.74, 6) is 1.47. The molecule has 0 unspecified atom stereocenters. The van der Waals surface area contributed by atoms with Gasteiger partial charge in [0.05, 0.1) is 0 Å². The molecule has 3 aromatic rings. The summed E-state index contributed by atoms with van der Waals surface area (Å²) in [5, 5.41) is 3.32. The van der Waals surface area contributed by atoms with Crippen LogP contribution in [-0.2, 0) is 0 Å². The molecule has 0 atom stereocenters. The highest BCUT2D eigenvalue weighted by Gasteiger charge is 2.09. The molecule has 2 aromatic carbocycles. The van der Waals surface area contributed by atoms with Crippen molar-refractivity contribution in [2.75, 3.05) is 17.3 Å². The van der Waals surface area contributed by atoms with Crippen LogP contribution in [0.25, 0.3) is 0 Å². The van der Waals surface area contributed by atoms with Gasteiger partial charge in [-0.3, -0.25) is 0 Å². The lowest BCUT2D eigenvalue weighted by Gasteiger charge is -2.19. The summed E-state index contributed by atoms with van der Waals surface area (Å²) in [6.45, 7) is 6.16. The molecule has 0 amide bonds. The van der Waals surface area contributed by atoms with E-state index in [-0.39, 0.29) is 0 Å². The van der Waals surface area contributed by atoms with Crippen molar-refractivity contribution in [3.63, 3.8) is 0 Å². The molecule has 122 valence electrons.